The lowest BCUT2D eigenvalue weighted by atomic mass is 10.1. The minimum atomic E-state index is -4.15. The number of para-hydroxylation sites is 1. The second kappa shape index (κ2) is 10.3. The number of sulfonamides is 1. The number of carbonyl (C=O) groups is 1. The minimum absolute atomic E-state index is 0.0413. The molecule has 0 bridgehead atoms. The Hall–Kier alpha value is -3.78. The van der Waals surface area contributed by atoms with Gasteiger partial charge in [-0.2, -0.15) is 0 Å². The van der Waals surface area contributed by atoms with Gasteiger partial charge in [-0.15, -0.1) is 10.2 Å². The van der Waals surface area contributed by atoms with Gasteiger partial charge in [-0.3, -0.25) is 9.29 Å². The number of ether oxygens (including phenoxy) is 2. The highest BCUT2D eigenvalue weighted by Gasteiger charge is 2.38. The van der Waals surface area contributed by atoms with E-state index in [2.05, 4.69) is 14.9 Å². The predicted molar refractivity (Wildman–Crippen MR) is 135 cm³/mol. The van der Waals surface area contributed by atoms with Gasteiger partial charge in [0.05, 0.1) is 20.3 Å². The van der Waals surface area contributed by atoms with Crippen LogP contribution in [0.3, 0.4) is 0 Å². The summed E-state index contributed by atoms with van der Waals surface area (Å²) in [5, 5.41) is 17.6. The topological polar surface area (TPSA) is 152 Å². The maximum Gasteiger partial charge on any atom is 0.319 e. The molecule has 1 fully saturated rings. The van der Waals surface area contributed by atoms with Crippen molar-refractivity contribution in [1.29, 1.82) is 0 Å². The van der Waals surface area contributed by atoms with Crippen LogP contribution in [0.1, 0.15) is 12.2 Å². The molecular weight excluding hydrogens is 504 g/mol. The second-order valence-corrected chi connectivity index (χ2v) is 10.8. The fraction of sp³-hybridized carbons (Fsp3) is 0.435. The molecule has 2 atom stereocenters. The molecule has 0 radical (unpaired) electrons. The Balaban J connectivity index is 1.79. The number of methoxy groups -OCH3 is 2. The molecule has 14 heteroatoms. The third kappa shape index (κ3) is 5.20. The van der Waals surface area contributed by atoms with Crippen molar-refractivity contribution in [2.24, 2.45) is 0 Å². The van der Waals surface area contributed by atoms with Gasteiger partial charge in [0.25, 0.3) is 0 Å². The predicted octanol–water partition coefficient (Wildman–Crippen LogP) is 1.71. The zero-order valence-electron chi connectivity index (χ0n) is 21.2. The van der Waals surface area contributed by atoms with E-state index in [0.29, 0.717) is 28.7 Å². The standard InChI is InChI=1S/C23H30N6O7S/c1-14-9-10-19(36-14)21-24-25-22(29(21)20-17(34-4)7-6-8-18(20)35-5)26-37(32,33)16-11-15(30)12-28(13-16)23(31)27(2)3/h6-10,15-16,30H,11-13H2,1-5H3,(H,25,26)/t15-,16+/m0/s1. The van der Waals surface area contributed by atoms with Gasteiger partial charge in [0, 0.05) is 27.2 Å². The van der Waals surface area contributed by atoms with E-state index in [4.69, 9.17) is 13.9 Å². The van der Waals surface area contributed by atoms with Crippen LogP contribution in [0.15, 0.2) is 34.7 Å². The highest BCUT2D eigenvalue weighted by Crippen LogP contribution is 2.38. The summed E-state index contributed by atoms with van der Waals surface area (Å²) in [6.07, 6.45) is -1.06. The van der Waals surface area contributed by atoms with Crippen LogP contribution in [0.25, 0.3) is 17.3 Å². The minimum Gasteiger partial charge on any atom is -0.494 e. The number of piperidine rings is 1. The third-order valence-electron chi connectivity index (χ3n) is 5.96. The number of anilines is 1. The first-order chi connectivity index (χ1) is 17.6. The zero-order valence-corrected chi connectivity index (χ0v) is 22.0. The van der Waals surface area contributed by atoms with E-state index in [1.165, 1.54) is 28.6 Å². The number of furan rings is 1. The average Bonchev–Trinajstić information content (AvgIpc) is 3.47. The van der Waals surface area contributed by atoms with E-state index in [0.717, 1.165) is 0 Å². The molecule has 2 N–H and O–H groups in total. The monoisotopic (exact) mass is 534 g/mol. The number of hydrogen-bond donors (Lipinski definition) is 2. The number of carbonyl (C=O) groups excluding carboxylic acids is 1. The molecule has 2 amide bonds. The number of β-amino-alcohol motifs (C(OH)–C–C–N with tert-alkyl or cyclic N) is 1. The van der Waals surface area contributed by atoms with E-state index >= 15 is 0 Å². The lowest BCUT2D eigenvalue weighted by Gasteiger charge is -2.36. The van der Waals surface area contributed by atoms with Crippen LogP contribution in [-0.2, 0) is 10.0 Å². The molecule has 0 saturated carbocycles. The van der Waals surface area contributed by atoms with Gasteiger partial charge in [-0.05, 0) is 37.6 Å². The van der Waals surface area contributed by atoms with Crippen molar-refractivity contribution < 1.29 is 32.2 Å². The number of aryl methyl sites for hydroxylation is 1. The maximum absolute atomic E-state index is 13.5. The number of aliphatic hydroxyl groups excluding tert-OH is 1. The fourth-order valence-electron chi connectivity index (χ4n) is 4.23. The lowest BCUT2D eigenvalue weighted by Crippen LogP contribution is -2.54. The smallest absolute Gasteiger partial charge is 0.319 e. The molecule has 4 rings (SSSR count). The number of aliphatic hydroxyl groups is 1. The summed E-state index contributed by atoms with van der Waals surface area (Å²) in [5.41, 5.74) is 0.354. The summed E-state index contributed by atoms with van der Waals surface area (Å²) in [6, 6.07) is 8.16. The Bertz CT molecular complexity index is 1360. The molecular formula is C23H30N6O7S. The van der Waals surface area contributed by atoms with Gasteiger partial charge in [-0.1, -0.05) is 6.07 Å². The van der Waals surface area contributed by atoms with E-state index in [9.17, 15) is 18.3 Å². The van der Waals surface area contributed by atoms with Gasteiger partial charge in [0.1, 0.15) is 28.2 Å². The molecule has 0 aliphatic carbocycles. The SMILES string of the molecule is COc1cccc(OC)c1-n1c(NS(=O)(=O)[C@@H]2C[C@H](O)CN(C(=O)N(C)C)C2)nnc1-c1ccc(C)o1. The number of nitrogens with zero attached hydrogens (tertiary/aromatic N) is 5. The van der Waals surface area contributed by atoms with Crippen LogP contribution in [0.4, 0.5) is 10.7 Å². The highest BCUT2D eigenvalue weighted by atomic mass is 32.2. The first-order valence-electron chi connectivity index (χ1n) is 11.4. The zero-order chi connectivity index (χ0) is 26.9. The van der Waals surface area contributed by atoms with E-state index in [-0.39, 0.29) is 31.3 Å². The number of urea groups is 1. The van der Waals surface area contributed by atoms with Crippen LogP contribution < -0.4 is 14.2 Å². The highest BCUT2D eigenvalue weighted by molar-refractivity contribution is 7.93. The summed E-state index contributed by atoms with van der Waals surface area (Å²) in [5.74, 6) is 1.79. The lowest BCUT2D eigenvalue weighted by molar-refractivity contribution is 0.0777. The Kier molecular flexibility index (Phi) is 7.32. The molecule has 1 aliphatic heterocycles. The molecule has 200 valence electrons. The van der Waals surface area contributed by atoms with Crippen molar-refractivity contribution in [1.82, 2.24) is 24.6 Å². The van der Waals surface area contributed by atoms with Crippen LogP contribution in [0.5, 0.6) is 11.5 Å². The van der Waals surface area contributed by atoms with Crippen LogP contribution >= 0.6 is 0 Å². The van der Waals surface area contributed by atoms with Crippen LogP contribution in [0.2, 0.25) is 0 Å². The van der Waals surface area contributed by atoms with Gasteiger partial charge in [0.15, 0.2) is 5.76 Å². The number of hydrogen-bond acceptors (Lipinski definition) is 9. The van der Waals surface area contributed by atoms with E-state index in [1.54, 1.807) is 51.4 Å². The second-order valence-electron chi connectivity index (χ2n) is 8.84. The summed E-state index contributed by atoms with van der Waals surface area (Å²) < 4.78 is 47.9. The quantitative estimate of drug-likeness (QED) is 0.461. The Labute approximate surface area is 214 Å². The summed E-state index contributed by atoms with van der Waals surface area (Å²) in [6.45, 7) is 1.71. The first-order valence-corrected chi connectivity index (χ1v) is 13.0. The Morgan fingerprint density at radius 1 is 1.14 bits per heavy atom. The molecule has 13 nitrogen and oxygen atoms in total. The van der Waals surface area contributed by atoms with Gasteiger partial charge in [0.2, 0.25) is 21.8 Å². The number of rotatable bonds is 7. The van der Waals surface area contributed by atoms with E-state index in [1.807, 2.05) is 0 Å². The first kappa shape index (κ1) is 26.3. The van der Waals surface area contributed by atoms with Gasteiger partial charge >= 0.3 is 6.03 Å². The molecule has 3 aromatic rings. The number of likely N-dealkylation sites (tertiary alicyclic amines) is 1. The van der Waals surface area contributed by atoms with Crippen LogP contribution in [0, 0.1) is 6.92 Å². The number of amides is 2. The fourth-order valence-corrected chi connectivity index (χ4v) is 5.64. The van der Waals surface area contributed by atoms with Crippen molar-refractivity contribution >= 4 is 22.0 Å². The molecule has 1 aliphatic rings. The Morgan fingerprint density at radius 2 is 1.81 bits per heavy atom. The summed E-state index contributed by atoms with van der Waals surface area (Å²) in [7, 11) is 1.92. The van der Waals surface area contributed by atoms with Crippen molar-refractivity contribution in [3.63, 3.8) is 0 Å². The molecule has 2 aromatic heterocycles. The number of nitrogens with one attached hydrogen (secondary N) is 1. The molecule has 1 saturated heterocycles. The molecule has 1 aromatic carbocycles. The normalized spacial score (nSPS) is 17.9. The molecule has 0 spiro atoms. The van der Waals surface area contributed by atoms with Crippen LogP contribution in [-0.4, -0.2) is 96.9 Å². The van der Waals surface area contributed by atoms with E-state index < -0.39 is 27.4 Å². The largest absolute Gasteiger partial charge is 0.494 e. The van der Waals surface area contributed by atoms with Crippen molar-refractivity contribution in [3.8, 4) is 28.8 Å². The molecule has 3 heterocycles. The number of benzene rings is 1. The van der Waals surface area contributed by atoms with Crippen molar-refractivity contribution in [2.45, 2.75) is 24.7 Å². The molecule has 0 unspecified atom stereocenters. The average molecular weight is 535 g/mol. The number of aromatic nitrogens is 3. The third-order valence-corrected chi connectivity index (χ3v) is 7.65. The summed E-state index contributed by atoms with van der Waals surface area (Å²) in [4.78, 5) is 15.1. The Morgan fingerprint density at radius 3 is 2.38 bits per heavy atom. The summed E-state index contributed by atoms with van der Waals surface area (Å²) >= 11 is 0. The van der Waals surface area contributed by atoms with Gasteiger partial charge < -0.3 is 28.8 Å². The van der Waals surface area contributed by atoms with Crippen molar-refractivity contribution in [3.05, 3.63) is 36.1 Å². The molecule has 37 heavy (non-hydrogen) atoms. The maximum atomic E-state index is 13.5. The van der Waals surface area contributed by atoms with Gasteiger partial charge in [-0.25, -0.2) is 13.2 Å². The van der Waals surface area contributed by atoms with Crippen molar-refractivity contribution in [2.75, 3.05) is 46.1 Å².